The van der Waals surface area contributed by atoms with E-state index in [1.165, 1.54) is 96.3 Å². The highest BCUT2D eigenvalue weighted by atomic mass is 32.1. The van der Waals surface area contributed by atoms with Crippen molar-refractivity contribution in [3.05, 3.63) is 0 Å². The van der Waals surface area contributed by atoms with Gasteiger partial charge in [-0.1, -0.05) is 96.8 Å². The number of hydrogen-bond acceptors (Lipinski definition) is 2. The van der Waals surface area contributed by atoms with Crippen molar-refractivity contribution in [1.29, 1.82) is 0 Å². The van der Waals surface area contributed by atoms with E-state index in [1.54, 1.807) is 0 Å². The van der Waals surface area contributed by atoms with Crippen LogP contribution < -0.4 is 0 Å². The molecule has 1 nitrogen and oxygen atoms in total. The first kappa shape index (κ1) is 19.8. The third-order valence-electron chi connectivity index (χ3n) is 3.94. The normalized spacial score (nSPS) is 10.4. The Morgan fingerprint density at radius 2 is 0.950 bits per heavy atom. The van der Waals surface area contributed by atoms with Crippen LogP contribution in [0.25, 0.3) is 0 Å². The number of aliphatic imine (C=N–C) groups is 1. The number of unbranched alkanes of at least 4 members (excludes halogenated alkanes) is 14. The lowest BCUT2D eigenvalue weighted by Gasteiger charge is -2.03. The summed E-state index contributed by atoms with van der Waals surface area (Å²) in [5.74, 6) is 0. The van der Waals surface area contributed by atoms with Crippen molar-refractivity contribution in [1.82, 2.24) is 0 Å². The Bertz CT molecular complexity index is 221. The van der Waals surface area contributed by atoms with Gasteiger partial charge in [0.05, 0.1) is 5.16 Å². The maximum atomic E-state index is 4.54. The number of isothiocyanates is 1. The van der Waals surface area contributed by atoms with Crippen molar-refractivity contribution >= 4 is 17.4 Å². The summed E-state index contributed by atoms with van der Waals surface area (Å²) in [6, 6.07) is 0. The Kier molecular flexibility index (Phi) is 18.6. The average molecular weight is 298 g/mol. The fourth-order valence-electron chi connectivity index (χ4n) is 2.61. The zero-order chi connectivity index (χ0) is 14.7. The van der Waals surface area contributed by atoms with Crippen molar-refractivity contribution in [3.63, 3.8) is 0 Å². The third-order valence-corrected chi connectivity index (χ3v) is 4.07. The fourth-order valence-corrected chi connectivity index (χ4v) is 2.70. The van der Waals surface area contributed by atoms with Gasteiger partial charge in [-0.2, -0.15) is 0 Å². The summed E-state index contributed by atoms with van der Waals surface area (Å²) >= 11 is 4.54. The highest BCUT2D eigenvalue weighted by molar-refractivity contribution is 7.78. The van der Waals surface area contributed by atoms with Crippen molar-refractivity contribution in [2.24, 2.45) is 4.99 Å². The first-order valence-corrected chi connectivity index (χ1v) is 9.36. The van der Waals surface area contributed by atoms with Gasteiger partial charge in [-0.25, -0.2) is 4.99 Å². The molecule has 0 aliphatic carbocycles. The summed E-state index contributed by atoms with van der Waals surface area (Å²) in [7, 11) is 0. The van der Waals surface area contributed by atoms with E-state index in [0.29, 0.717) is 0 Å². The standard InChI is InChI=1S/C18H35NS/c1-2-3-4-5-6-7-8-9-10-11-12-13-14-15-16-17-19-18-20/h2-17H2,1H3. The summed E-state index contributed by atoms with van der Waals surface area (Å²) in [4.78, 5) is 3.94. The van der Waals surface area contributed by atoms with Crippen molar-refractivity contribution in [3.8, 4) is 0 Å². The molecule has 20 heavy (non-hydrogen) atoms. The molecule has 0 saturated heterocycles. The first-order chi connectivity index (χ1) is 9.91. The molecule has 0 aromatic carbocycles. The lowest BCUT2D eigenvalue weighted by molar-refractivity contribution is 0.533. The van der Waals surface area contributed by atoms with Gasteiger partial charge in [-0.05, 0) is 18.6 Å². The lowest BCUT2D eigenvalue weighted by Crippen LogP contribution is -1.84. The van der Waals surface area contributed by atoms with Crippen LogP contribution in [0.4, 0.5) is 0 Å². The molecule has 0 aliphatic heterocycles. The van der Waals surface area contributed by atoms with Crippen LogP contribution in [0.15, 0.2) is 4.99 Å². The van der Waals surface area contributed by atoms with Crippen LogP contribution in [0.1, 0.15) is 103 Å². The van der Waals surface area contributed by atoms with E-state index >= 15 is 0 Å². The Balaban J connectivity index is 2.94. The minimum absolute atomic E-state index is 0.877. The topological polar surface area (TPSA) is 12.4 Å². The maximum absolute atomic E-state index is 4.54. The summed E-state index contributed by atoms with van der Waals surface area (Å²) < 4.78 is 0. The summed E-state index contributed by atoms with van der Waals surface area (Å²) in [5.41, 5.74) is 0. The van der Waals surface area contributed by atoms with Crippen molar-refractivity contribution < 1.29 is 0 Å². The second-order valence-corrected chi connectivity index (χ2v) is 6.11. The van der Waals surface area contributed by atoms with E-state index in [0.717, 1.165) is 6.54 Å². The van der Waals surface area contributed by atoms with Gasteiger partial charge in [0.25, 0.3) is 0 Å². The Hall–Kier alpha value is -0.200. The molecule has 0 heterocycles. The Labute approximate surface area is 132 Å². The molecule has 0 saturated carbocycles. The number of nitrogens with zero attached hydrogens (tertiary/aromatic N) is 1. The number of thiocarbonyl (C=S) groups is 1. The molecule has 0 fully saturated rings. The zero-order valence-electron chi connectivity index (χ0n) is 13.7. The minimum atomic E-state index is 0.877. The maximum Gasteiger partial charge on any atom is 0.0584 e. The van der Waals surface area contributed by atoms with Crippen molar-refractivity contribution in [2.45, 2.75) is 103 Å². The van der Waals surface area contributed by atoms with Crippen LogP contribution >= 0.6 is 12.2 Å². The second kappa shape index (κ2) is 18.8. The van der Waals surface area contributed by atoms with Gasteiger partial charge in [0, 0.05) is 6.54 Å². The molecule has 0 unspecified atom stereocenters. The SMILES string of the molecule is CCCCCCCCCCCCCCCCCN=C=S. The summed E-state index contributed by atoms with van der Waals surface area (Å²) in [5, 5.41) is 2.43. The monoisotopic (exact) mass is 297 g/mol. The molecule has 0 bridgehead atoms. The molecule has 0 spiro atoms. The highest BCUT2D eigenvalue weighted by Crippen LogP contribution is 2.13. The quantitative estimate of drug-likeness (QED) is 0.170. The van der Waals surface area contributed by atoms with Crippen LogP contribution in [0.2, 0.25) is 0 Å². The van der Waals surface area contributed by atoms with Crippen molar-refractivity contribution in [2.75, 3.05) is 6.54 Å². The Morgan fingerprint density at radius 3 is 1.30 bits per heavy atom. The third kappa shape index (κ3) is 17.8. The highest BCUT2D eigenvalue weighted by Gasteiger charge is 1.94. The second-order valence-electron chi connectivity index (χ2n) is 5.92. The van der Waals surface area contributed by atoms with Gasteiger partial charge >= 0.3 is 0 Å². The average Bonchev–Trinajstić information content (AvgIpc) is 2.47. The predicted octanol–water partition coefficient (Wildman–Crippen LogP) is 6.96. The minimum Gasteiger partial charge on any atom is -0.233 e. The predicted molar refractivity (Wildman–Crippen MR) is 94.8 cm³/mol. The molecule has 0 aliphatic rings. The smallest absolute Gasteiger partial charge is 0.0584 e. The molecule has 0 aromatic rings. The summed E-state index contributed by atoms with van der Waals surface area (Å²) in [6.45, 7) is 3.16. The van der Waals surface area contributed by atoms with Gasteiger partial charge < -0.3 is 0 Å². The number of rotatable bonds is 16. The van der Waals surface area contributed by atoms with Crippen LogP contribution in [0.5, 0.6) is 0 Å². The molecule has 0 rings (SSSR count). The van der Waals surface area contributed by atoms with E-state index in [-0.39, 0.29) is 0 Å². The van der Waals surface area contributed by atoms with E-state index in [4.69, 9.17) is 0 Å². The van der Waals surface area contributed by atoms with E-state index in [1.807, 2.05) is 0 Å². The molecular formula is C18H35NS. The molecular weight excluding hydrogens is 262 g/mol. The van der Waals surface area contributed by atoms with E-state index < -0.39 is 0 Å². The first-order valence-electron chi connectivity index (χ1n) is 8.95. The lowest BCUT2D eigenvalue weighted by atomic mass is 10.0. The zero-order valence-corrected chi connectivity index (χ0v) is 14.5. The van der Waals surface area contributed by atoms with Gasteiger partial charge in [0.1, 0.15) is 0 Å². The number of hydrogen-bond donors (Lipinski definition) is 0. The van der Waals surface area contributed by atoms with E-state index in [9.17, 15) is 0 Å². The van der Waals surface area contributed by atoms with Gasteiger partial charge in [0.15, 0.2) is 0 Å². The van der Waals surface area contributed by atoms with E-state index in [2.05, 4.69) is 29.3 Å². The molecule has 0 radical (unpaired) electrons. The van der Waals surface area contributed by atoms with Gasteiger partial charge in [-0.3, -0.25) is 0 Å². The molecule has 2 heteroatoms. The van der Waals surface area contributed by atoms with Crippen LogP contribution in [-0.2, 0) is 0 Å². The largest absolute Gasteiger partial charge is 0.233 e. The molecule has 0 atom stereocenters. The van der Waals surface area contributed by atoms with Crippen LogP contribution in [0.3, 0.4) is 0 Å². The van der Waals surface area contributed by atoms with Gasteiger partial charge in [0.2, 0.25) is 0 Å². The fraction of sp³-hybridized carbons (Fsp3) is 0.944. The van der Waals surface area contributed by atoms with Gasteiger partial charge in [-0.15, -0.1) is 0 Å². The molecule has 0 aromatic heterocycles. The summed E-state index contributed by atoms with van der Waals surface area (Å²) in [6.07, 6.45) is 21.1. The molecule has 0 N–H and O–H groups in total. The molecule has 0 amide bonds. The Morgan fingerprint density at radius 1 is 0.600 bits per heavy atom. The van der Waals surface area contributed by atoms with Crippen LogP contribution in [0, 0.1) is 0 Å². The molecule has 118 valence electrons. The van der Waals surface area contributed by atoms with Crippen LogP contribution in [-0.4, -0.2) is 11.7 Å².